The van der Waals surface area contributed by atoms with Gasteiger partial charge in [0.05, 0.1) is 0 Å². The van der Waals surface area contributed by atoms with E-state index in [1.165, 1.54) is 0 Å². The topological polar surface area (TPSA) is 34.1 Å². The van der Waals surface area contributed by atoms with Crippen LogP contribution in [0.25, 0.3) is 0 Å². The Morgan fingerprint density at radius 2 is 0.625 bits per heavy atom. The molecule has 0 saturated heterocycles. The van der Waals surface area contributed by atoms with E-state index in [1.807, 2.05) is 13.6 Å². The number of carbonyl (C=O) groups is 2. The van der Waals surface area contributed by atoms with Gasteiger partial charge < -0.3 is 60.5 Å². The van der Waals surface area contributed by atoms with Gasteiger partial charge in [-0.3, -0.25) is 0 Å². The molecule has 54 valence electrons. The minimum atomic E-state index is 0. The van der Waals surface area contributed by atoms with Crippen LogP contribution in [0.1, 0.15) is 0 Å². The van der Waals surface area contributed by atoms with E-state index >= 15 is 0 Å². The second-order valence-corrected chi connectivity index (χ2v) is 0. The molecule has 0 aromatic carbocycles. The SMILES string of the molecule is C=O.C=O.[Br-].[Br-].[Br-].[Rh+3]. The van der Waals surface area contributed by atoms with Gasteiger partial charge in [0, 0.05) is 0 Å². The molecule has 0 aliphatic carbocycles. The van der Waals surface area contributed by atoms with Crippen LogP contribution in [0.5, 0.6) is 0 Å². The summed E-state index contributed by atoms with van der Waals surface area (Å²) in [6.45, 7) is 4.00. The Labute approximate surface area is 92.9 Å². The quantitative estimate of drug-likeness (QED) is 0.377. The van der Waals surface area contributed by atoms with Gasteiger partial charge in [0.1, 0.15) is 13.6 Å². The third kappa shape index (κ3) is 154. The predicted octanol–water partition coefficient (Wildman–Crippen LogP) is -9.36. The van der Waals surface area contributed by atoms with Crippen LogP contribution < -0.4 is 50.9 Å². The zero-order chi connectivity index (χ0) is 4.00. The molecule has 0 rings (SSSR count). The van der Waals surface area contributed by atoms with Gasteiger partial charge in [0.15, 0.2) is 0 Å². The molecule has 0 spiro atoms. The number of carbonyl (C=O) groups excluding carboxylic acids is 2. The maximum atomic E-state index is 8.00. The maximum Gasteiger partial charge on any atom is 3.00 e. The van der Waals surface area contributed by atoms with Crippen molar-refractivity contribution in [3.63, 3.8) is 0 Å². The number of rotatable bonds is 0. The van der Waals surface area contributed by atoms with Gasteiger partial charge in [-0.25, -0.2) is 0 Å². The molecule has 2 nitrogen and oxygen atoms in total. The van der Waals surface area contributed by atoms with Crippen LogP contribution in [0.15, 0.2) is 0 Å². The average molecular weight is 403 g/mol. The summed E-state index contributed by atoms with van der Waals surface area (Å²) in [6.07, 6.45) is 0. The van der Waals surface area contributed by atoms with Gasteiger partial charge >= 0.3 is 19.5 Å². The van der Waals surface area contributed by atoms with Crippen LogP contribution in [0.2, 0.25) is 0 Å². The third-order valence-electron chi connectivity index (χ3n) is 0. The van der Waals surface area contributed by atoms with Crippen LogP contribution in [-0.4, -0.2) is 13.6 Å². The Hall–Kier alpha value is 1.40. The average Bonchev–Trinajstić information content (AvgIpc) is 1.50. The molecule has 0 saturated carbocycles. The Morgan fingerprint density at radius 3 is 0.625 bits per heavy atom. The minimum Gasteiger partial charge on any atom is -1.00 e. The Morgan fingerprint density at radius 1 is 0.625 bits per heavy atom. The van der Waals surface area contributed by atoms with Crippen LogP contribution in [-0.2, 0) is 29.1 Å². The standard InChI is InChI=1S/2CH2O.3BrH.Rh/c2*1-2;;;;/h2*1H2;3*1H;/q;;;;;+3/p-3. The van der Waals surface area contributed by atoms with Crippen molar-refractivity contribution >= 4 is 13.6 Å². The first-order valence-corrected chi connectivity index (χ1v) is 0.577. The first-order valence-electron chi connectivity index (χ1n) is 0.577. The smallest absolute Gasteiger partial charge is 1.00 e. The molecule has 0 unspecified atom stereocenters. The molecule has 0 aliphatic heterocycles. The van der Waals surface area contributed by atoms with E-state index in [4.69, 9.17) is 9.59 Å². The Kier molecular flexibility index (Phi) is 1680. The molecule has 0 atom stereocenters. The van der Waals surface area contributed by atoms with Crippen molar-refractivity contribution in [2.45, 2.75) is 0 Å². The largest absolute Gasteiger partial charge is 3.00 e. The fourth-order valence-electron chi connectivity index (χ4n) is 0. The molecule has 0 aliphatic rings. The van der Waals surface area contributed by atoms with Crippen LogP contribution in [0, 0.1) is 0 Å². The summed E-state index contributed by atoms with van der Waals surface area (Å²) < 4.78 is 0. The van der Waals surface area contributed by atoms with E-state index in [2.05, 4.69) is 0 Å². The summed E-state index contributed by atoms with van der Waals surface area (Å²) in [5.74, 6) is 0. The molecule has 0 aromatic heterocycles. The summed E-state index contributed by atoms with van der Waals surface area (Å²) in [7, 11) is 0. The fourth-order valence-corrected chi connectivity index (χ4v) is 0. The van der Waals surface area contributed by atoms with Crippen molar-refractivity contribution in [3.05, 3.63) is 0 Å². The van der Waals surface area contributed by atoms with E-state index in [-0.39, 0.29) is 70.4 Å². The first kappa shape index (κ1) is 57.3. The normalized spacial score (nSPS) is 1.00. The van der Waals surface area contributed by atoms with Crippen molar-refractivity contribution in [3.8, 4) is 0 Å². The van der Waals surface area contributed by atoms with Crippen molar-refractivity contribution in [2.24, 2.45) is 0 Å². The molecule has 6 heteroatoms. The summed E-state index contributed by atoms with van der Waals surface area (Å²) in [4.78, 5) is 16.0. The van der Waals surface area contributed by atoms with Gasteiger partial charge in [-0.2, -0.15) is 0 Å². The molecule has 0 amide bonds. The van der Waals surface area contributed by atoms with Crippen molar-refractivity contribution < 1.29 is 80.0 Å². The second kappa shape index (κ2) is 234. The monoisotopic (exact) mass is 400 g/mol. The van der Waals surface area contributed by atoms with Crippen molar-refractivity contribution in [1.82, 2.24) is 0 Å². The van der Waals surface area contributed by atoms with Gasteiger partial charge in [-0.1, -0.05) is 0 Å². The van der Waals surface area contributed by atoms with Crippen LogP contribution >= 0.6 is 0 Å². The fraction of sp³-hybridized carbons (Fsp3) is 0. The first-order chi connectivity index (χ1) is 2.00. The minimum absolute atomic E-state index is 0. The molecule has 0 radical (unpaired) electrons. The van der Waals surface area contributed by atoms with E-state index < -0.39 is 0 Å². The number of hydrogen-bond acceptors (Lipinski definition) is 2. The molecule has 0 bridgehead atoms. The Bertz CT molecular complexity index is 17.2. The zero-order valence-electron chi connectivity index (χ0n) is 3.70. The van der Waals surface area contributed by atoms with E-state index in [9.17, 15) is 0 Å². The van der Waals surface area contributed by atoms with Crippen molar-refractivity contribution in [2.75, 3.05) is 0 Å². The molecule has 0 heterocycles. The van der Waals surface area contributed by atoms with Crippen molar-refractivity contribution in [1.29, 1.82) is 0 Å². The molecule has 0 N–H and O–H groups in total. The summed E-state index contributed by atoms with van der Waals surface area (Å²) in [5.41, 5.74) is 0. The molecular formula is C2H4Br3O2Rh. The maximum absolute atomic E-state index is 8.00. The van der Waals surface area contributed by atoms with E-state index in [0.717, 1.165) is 0 Å². The summed E-state index contributed by atoms with van der Waals surface area (Å²) in [6, 6.07) is 0. The number of halogens is 3. The van der Waals surface area contributed by atoms with Gasteiger partial charge in [-0.05, 0) is 0 Å². The van der Waals surface area contributed by atoms with E-state index in [1.54, 1.807) is 0 Å². The predicted molar refractivity (Wildman–Crippen MR) is 14.2 cm³/mol. The summed E-state index contributed by atoms with van der Waals surface area (Å²) >= 11 is 0. The molecule has 0 aromatic rings. The molecule has 0 fully saturated rings. The third-order valence-corrected chi connectivity index (χ3v) is 0. The summed E-state index contributed by atoms with van der Waals surface area (Å²) in [5, 5.41) is 0. The van der Waals surface area contributed by atoms with Crippen LogP contribution in [0.3, 0.4) is 0 Å². The van der Waals surface area contributed by atoms with E-state index in [0.29, 0.717) is 0 Å². The molecular weight excluding hydrogens is 399 g/mol. The van der Waals surface area contributed by atoms with Crippen LogP contribution in [0.4, 0.5) is 0 Å². The second-order valence-electron chi connectivity index (χ2n) is 0. The van der Waals surface area contributed by atoms with Gasteiger partial charge in [0.25, 0.3) is 0 Å². The van der Waals surface area contributed by atoms with Gasteiger partial charge in [0.2, 0.25) is 0 Å². The van der Waals surface area contributed by atoms with Gasteiger partial charge in [-0.15, -0.1) is 0 Å². The molecule has 8 heavy (non-hydrogen) atoms. The Balaban J connectivity index is -0.00000000167. The zero-order valence-corrected chi connectivity index (χ0v) is 10.1. The number of hydrogen-bond donors (Lipinski definition) is 0.